The molecule has 0 saturated heterocycles. The zero-order chi connectivity index (χ0) is 19.5. The SMILES string of the molecule is Cc1onc(-c2ccccc2)c1C(=O)Nc1ncc(Cc2ccc(F)cc2)s1. The summed E-state index contributed by atoms with van der Waals surface area (Å²) in [5.41, 5.74) is 2.67. The van der Waals surface area contributed by atoms with Gasteiger partial charge in [0.15, 0.2) is 5.13 Å². The second-order valence-electron chi connectivity index (χ2n) is 6.22. The normalized spacial score (nSPS) is 10.8. The summed E-state index contributed by atoms with van der Waals surface area (Å²) in [4.78, 5) is 18.0. The van der Waals surface area contributed by atoms with E-state index in [1.807, 2.05) is 30.3 Å². The number of thiazole rings is 1. The van der Waals surface area contributed by atoms with Crippen molar-refractivity contribution < 1.29 is 13.7 Å². The van der Waals surface area contributed by atoms with Gasteiger partial charge in [-0.25, -0.2) is 9.37 Å². The molecule has 2 aromatic carbocycles. The van der Waals surface area contributed by atoms with Crippen LogP contribution in [0.25, 0.3) is 11.3 Å². The van der Waals surface area contributed by atoms with Gasteiger partial charge in [0.1, 0.15) is 22.8 Å². The number of hydrogen-bond acceptors (Lipinski definition) is 5. The van der Waals surface area contributed by atoms with E-state index in [4.69, 9.17) is 4.52 Å². The molecular formula is C21H16FN3O2S. The van der Waals surface area contributed by atoms with Crippen LogP contribution in [0.5, 0.6) is 0 Å². The van der Waals surface area contributed by atoms with E-state index in [1.54, 1.807) is 25.3 Å². The minimum Gasteiger partial charge on any atom is -0.360 e. The summed E-state index contributed by atoms with van der Waals surface area (Å²) in [6.07, 6.45) is 2.33. The highest BCUT2D eigenvalue weighted by atomic mass is 32.1. The largest absolute Gasteiger partial charge is 0.360 e. The molecule has 1 amide bonds. The highest BCUT2D eigenvalue weighted by Gasteiger charge is 2.22. The van der Waals surface area contributed by atoms with Crippen molar-refractivity contribution in [2.75, 3.05) is 5.32 Å². The smallest absolute Gasteiger partial charge is 0.263 e. The van der Waals surface area contributed by atoms with Crippen LogP contribution in [0, 0.1) is 12.7 Å². The fourth-order valence-electron chi connectivity index (χ4n) is 2.84. The second kappa shape index (κ2) is 7.74. The molecule has 1 N–H and O–H groups in total. The number of amides is 1. The van der Waals surface area contributed by atoms with E-state index >= 15 is 0 Å². The van der Waals surface area contributed by atoms with Gasteiger partial charge in [-0.2, -0.15) is 0 Å². The molecular weight excluding hydrogens is 377 g/mol. The van der Waals surface area contributed by atoms with Gasteiger partial charge in [0, 0.05) is 23.1 Å². The van der Waals surface area contributed by atoms with Crippen molar-refractivity contribution >= 4 is 22.4 Å². The maximum atomic E-state index is 13.0. The molecule has 0 fully saturated rings. The lowest BCUT2D eigenvalue weighted by Gasteiger charge is -2.03. The van der Waals surface area contributed by atoms with Crippen LogP contribution in [0.15, 0.2) is 65.3 Å². The quantitative estimate of drug-likeness (QED) is 0.513. The van der Waals surface area contributed by atoms with E-state index in [-0.39, 0.29) is 11.7 Å². The van der Waals surface area contributed by atoms with Crippen LogP contribution in [0.1, 0.15) is 26.6 Å². The lowest BCUT2D eigenvalue weighted by Crippen LogP contribution is -2.13. The molecule has 7 heteroatoms. The van der Waals surface area contributed by atoms with Gasteiger partial charge in [0.05, 0.1) is 0 Å². The van der Waals surface area contributed by atoms with Crippen LogP contribution in [-0.2, 0) is 6.42 Å². The third-order valence-corrected chi connectivity index (χ3v) is 5.12. The number of halogens is 1. The van der Waals surface area contributed by atoms with Gasteiger partial charge < -0.3 is 4.52 Å². The third kappa shape index (κ3) is 3.84. The third-order valence-electron chi connectivity index (χ3n) is 4.20. The first-order chi connectivity index (χ1) is 13.6. The minimum atomic E-state index is -0.319. The van der Waals surface area contributed by atoms with E-state index in [0.29, 0.717) is 28.6 Å². The number of hydrogen-bond donors (Lipinski definition) is 1. The fraction of sp³-hybridized carbons (Fsp3) is 0.0952. The molecule has 0 aliphatic heterocycles. The Bertz CT molecular complexity index is 1100. The van der Waals surface area contributed by atoms with Crippen molar-refractivity contribution in [3.63, 3.8) is 0 Å². The summed E-state index contributed by atoms with van der Waals surface area (Å²) in [6, 6.07) is 15.7. The summed E-state index contributed by atoms with van der Waals surface area (Å²) >= 11 is 1.38. The van der Waals surface area contributed by atoms with Crippen LogP contribution < -0.4 is 5.32 Å². The Kier molecular flexibility index (Phi) is 4.99. The molecule has 0 aliphatic rings. The van der Waals surface area contributed by atoms with Crippen LogP contribution in [0.2, 0.25) is 0 Å². The van der Waals surface area contributed by atoms with Crippen molar-refractivity contribution in [3.8, 4) is 11.3 Å². The minimum absolute atomic E-state index is 0.265. The maximum absolute atomic E-state index is 13.0. The van der Waals surface area contributed by atoms with Gasteiger partial charge in [-0.1, -0.05) is 47.6 Å². The van der Waals surface area contributed by atoms with E-state index in [9.17, 15) is 9.18 Å². The van der Waals surface area contributed by atoms with Gasteiger partial charge in [0.2, 0.25) is 0 Å². The monoisotopic (exact) mass is 393 g/mol. The molecule has 4 aromatic rings. The molecule has 2 heterocycles. The number of aryl methyl sites for hydroxylation is 1. The van der Waals surface area contributed by atoms with Crippen LogP contribution in [0.4, 0.5) is 9.52 Å². The number of carbonyl (C=O) groups excluding carboxylic acids is 1. The summed E-state index contributed by atoms with van der Waals surface area (Å²) in [5.74, 6) is -0.140. The number of nitrogens with zero attached hydrogens (tertiary/aromatic N) is 2. The van der Waals surface area contributed by atoms with Crippen LogP contribution in [-0.4, -0.2) is 16.0 Å². The van der Waals surface area contributed by atoms with E-state index in [0.717, 1.165) is 16.0 Å². The first kappa shape index (κ1) is 18.1. The van der Waals surface area contributed by atoms with Gasteiger partial charge in [-0.15, -0.1) is 11.3 Å². The average Bonchev–Trinajstić information content (AvgIpc) is 3.30. The Morgan fingerprint density at radius 2 is 1.89 bits per heavy atom. The molecule has 0 aliphatic carbocycles. The Labute approximate surface area is 164 Å². The zero-order valence-electron chi connectivity index (χ0n) is 15.0. The highest BCUT2D eigenvalue weighted by molar-refractivity contribution is 7.15. The first-order valence-corrected chi connectivity index (χ1v) is 9.44. The molecule has 28 heavy (non-hydrogen) atoms. The molecule has 4 rings (SSSR count). The number of rotatable bonds is 5. The number of benzene rings is 2. The molecule has 0 unspecified atom stereocenters. The number of carbonyl (C=O) groups is 1. The lowest BCUT2D eigenvalue weighted by atomic mass is 10.1. The maximum Gasteiger partial charge on any atom is 0.263 e. The van der Waals surface area contributed by atoms with Gasteiger partial charge >= 0.3 is 0 Å². The van der Waals surface area contributed by atoms with E-state index in [1.165, 1.54) is 23.5 Å². The van der Waals surface area contributed by atoms with Crippen molar-refractivity contribution in [2.45, 2.75) is 13.3 Å². The van der Waals surface area contributed by atoms with Gasteiger partial charge in [-0.3, -0.25) is 10.1 Å². The highest BCUT2D eigenvalue weighted by Crippen LogP contribution is 2.27. The predicted octanol–water partition coefficient (Wildman–Crippen LogP) is 5.09. The fourth-order valence-corrected chi connectivity index (χ4v) is 3.68. The van der Waals surface area contributed by atoms with E-state index < -0.39 is 0 Å². The summed E-state index contributed by atoms with van der Waals surface area (Å²) in [6.45, 7) is 1.70. The Balaban J connectivity index is 1.51. The van der Waals surface area contributed by atoms with E-state index in [2.05, 4.69) is 15.5 Å². The molecule has 2 aromatic heterocycles. The number of nitrogens with one attached hydrogen (secondary N) is 1. The molecule has 0 radical (unpaired) electrons. The van der Waals surface area contributed by atoms with Gasteiger partial charge in [-0.05, 0) is 24.6 Å². The van der Waals surface area contributed by atoms with Crippen molar-refractivity contribution in [1.82, 2.24) is 10.1 Å². The van der Waals surface area contributed by atoms with Crippen molar-refractivity contribution in [1.29, 1.82) is 0 Å². The zero-order valence-corrected chi connectivity index (χ0v) is 15.8. The van der Waals surface area contributed by atoms with Crippen LogP contribution in [0.3, 0.4) is 0 Å². The van der Waals surface area contributed by atoms with Gasteiger partial charge in [0.25, 0.3) is 5.91 Å². The summed E-state index contributed by atoms with van der Waals surface area (Å²) < 4.78 is 18.3. The number of aromatic nitrogens is 2. The molecule has 5 nitrogen and oxygen atoms in total. The molecule has 0 saturated carbocycles. The Morgan fingerprint density at radius 3 is 2.64 bits per heavy atom. The summed E-state index contributed by atoms with van der Waals surface area (Å²) in [7, 11) is 0. The molecule has 0 bridgehead atoms. The second-order valence-corrected chi connectivity index (χ2v) is 7.33. The Morgan fingerprint density at radius 1 is 1.14 bits per heavy atom. The summed E-state index contributed by atoms with van der Waals surface area (Å²) in [5, 5.41) is 7.34. The van der Waals surface area contributed by atoms with Crippen molar-refractivity contribution in [3.05, 3.63) is 88.4 Å². The molecule has 0 spiro atoms. The van der Waals surface area contributed by atoms with Crippen LogP contribution >= 0.6 is 11.3 Å². The Hall–Kier alpha value is -3.32. The molecule has 0 atom stereocenters. The lowest BCUT2D eigenvalue weighted by molar-refractivity contribution is 0.102. The predicted molar refractivity (Wildman–Crippen MR) is 106 cm³/mol. The number of anilines is 1. The molecule has 140 valence electrons. The average molecular weight is 393 g/mol. The first-order valence-electron chi connectivity index (χ1n) is 8.62. The van der Waals surface area contributed by atoms with Crippen molar-refractivity contribution in [2.24, 2.45) is 0 Å². The standard InChI is InChI=1S/C21H16FN3O2S/c1-13-18(19(25-27-13)15-5-3-2-4-6-15)20(26)24-21-23-12-17(28-21)11-14-7-9-16(22)10-8-14/h2-10,12H,11H2,1H3,(H,23,24,26). The topological polar surface area (TPSA) is 68.0 Å².